The first kappa shape index (κ1) is 26.0. The topological polar surface area (TPSA) is 123 Å². The smallest absolute Gasteiger partial charge is 0.271 e. The number of hydrazone groups is 1. The Morgan fingerprint density at radius 1 is 1.09 bits per heavy atom. The highest BCUT2D eigenvalue weighted by atomic mass is 79.9. The summed E-state index contributed by atoms with van der Waals surface area (Å²) in [6, 6.07) is 14.3. The number of non-ortho nitro benzene ring substituents is 1. The highest BCUT2D eigenvalue weighted by molar-refractivity contribution is 9.11. The van der Waals surface area contributed by atoms with E-state index < -0.39 is 10.8 Å². The van der Waals surface area contributed by atoms with E-state index in [2.05, 4.69) is 47.7 Å². The summed E-state index contributed by atoms with van der Waals surface area (Å²) < 4.78 is 7.05. The number of aryl methyl sites for hydroxylation is 2. The number of hydrogen-bond donors (Lipinski definition) is 2. The number of carbonyl (C=O) groups excluding carboxylic acids is 2. The van der Waals surface area contributed by atoms with Crippen LogP contribution in [-0.2, 0) is 4.79 Å². The lowest BCUT2D eigenvalue weighted by molar-refractivity contribution is -0.384. The number of ether oxygens (including phenoxy) is 1. The van der Waals surface area contributed by atoms with Gasteiger partial charge in [0.05, 0.1) is 15.6 Å². The van der Waals surface area contributed by atoms with Crippen LogP contribution in [0.4, 0.5) is 11.4 Å². The fourth-order valence-electron chi connectivity index (χ4n) is 3.07. The van der Waals surface area contributed by atoms with Crippen LogP contribution in [0, 0.1) is 24.0 Å². The first-order valence-electron chi connectivity index (χ1n) is 10.2. The second-order valence-corrected chi connectivity index (χ2v) is 9.23. The maximum absolute atomic E-state index is 12.4. The van der Waals surface area contributed by atoms with Gasteiger partial charge in [0, 0.05) is 33.4 Å². The standard InChI is InChI=1S/C24H20Br2N4O5/c1-14-3-8-21(15(2)9-14)28-22(31)13-35-23-17(10-18(25)11-20(23)26)12-27-29-24(32)16-4-6-19(7-5-16)30(33)34/h3-12H,13H2,1-2H3,(H,28,31)(H,29,32)/b27-12+. The summed E-state index contributed by atoms with van der Waals surface area (Å²) in [5.41, 5.74) is 5.70. The molecule has 0 spiro atoms. The van der Waals surface area contributed by atoms with Crippen LogP contribution in [0.5, 0.6) is 5.75 Å². The van der Waals surface area contributed by atoms with E-state index in [1.54, 1.807) is 12.1 Å². The van der Waals surface area contributed by atoms with Gasteiger partial charge in [-0.2, -0.15) is 5.10 Å². The number of halogens is 2. The third-order valence-corrected chi connectivity index (χ3v) is 5.80. The molecule has 0 aliphatic rings. The van der Waals surface area contributed by atoms with Crippen molar-refractivity contribution in [2.24, 2.45) is 5.10 Å². The van der Waals surface area contributed by atoms with E-state index in [0.717, 1.165) is 15.6 Å². The summed E-state index contributed by atoms with van der Waals surface area (Å²) in [7, 11) is 0. The Balaban J connectivity index is 1.67. The van der Waals surface area contributed by atoms with Crippen molar-refractivity contribution in [1.82, 2.24) is 5.43 Å². The summed E-state index contributed by atoms with van der Waals surface area (Å²) in [5.74, 6) is -0.515. The van der Waals surface area contributed by atoms with E-state index in [1.165, 1.54) is 30.5 Å². The first-order valence-corrected chi connectivity index (χ1v) is 11.8. The Hall–Kier alpha value is -3.57. The zero-order valence-corrected chi connectivity index (χ0v) is 21.8. The van der Waals surface area contributed by atoms with Gasteiger partial charge < -0.3 is 10.1 Å². The van der Waals surface area contributed by atoms with Gasteiger partial charge in [0.1, 0.15) is 5.75 Å². The molecule has 0 fully saturated rings. The maximum Gasteiger partial charge on any atom is 0.271 e. The third-order valence-electron chi connectivity index (χ3n) is 4.75. The second kappa shape index (κ2) is 11.7. The molecule has 0 saturated carbocycles. The number of anilines is 1. The van der Waals surface area contributed by atoms with Gasteiger partial charge in [0.25, 0.3) is 17.5 Å². The first-order chi connectivity index (χ1) is 16.6. The van der Waals surface area contributed by atoms with Crippen molar-refractivity contribution in [2.45, 2.75) is 13.8 Å². The molecule has 0 radical (unpaired) electrons. The summed E-state index contributed by atoms with van der Waals surface area (Å²) >= 11 is 6.81. The Morgan fingerprint density at radius 3 is 2.46 bits per heavy atom. The number of rotatable bonds is 8. The number of benzene rings is 3. The molecule has 3 rings (SSSR count). The van der Waals surface area contributed by atoms with Crippen LogP contribution in [0.25, 0.3) is 0 Å². The minimum absolute atomic E-state index is 0.118. The van der Waals surface area contributed by atoms with Crippen LogP contribution in [-0.4, -0.2) is 29.6 Å². The predicted molar refractivity (Wildman–Crippen MR) is 140 cm³/mol. The van der Waals surface area contributed by atoms with Crippen LogP contribution < -0.4 is 15.5 Å². The monoisotopic (exact) mass is 602 g/mol. The van der Waals surface area contributed by atoms with Crippen LogP contribution >= 0.6 is 31.9 Å². The molecule has 2 N–H and O–H groups in total. The molecule has 0 unspecified atom stereocenters. The highest BCUT2D eigenvalue weighted by Gasteiger charge is 2.13. The van der Waals surface area contributed by atoms with Gasteiger partial charge in [0.2, 0.25) is 0 Å². The molecular weight excluding hydrogens is 584 g/mol. The molecule has 0 atom stereocenters. The lowest BCUT2D eigenvalue weighted by atomic mass is 10.1. The maximum atomic E-state index is 12.4. The normalized spacial score (nSPS) is 10.7. The number of hydrogen-bond acceptors (Lipinski definition) is 6. The Bertz CT molecular complexity index is 1310. The molecule has 180 valence electrons. The SMILES string of the molecule is Cc1ccc(NC(=O)COc2c(Br)cc(Br)cc2/C=N/NC(=O)c2ccc([N+](=O)[O-])cc2)c(C)c1. The molecule has 3 aromatic rings. The van der Waals surface area contributed by atoms with Crippen molar-refractivity contribution >= 4 is 61.3 Å². The zero-order chi connectivity index (χ0) is 25.5. The van der Waals surface area contributed by atoms with Gasteiger partial charge >= 0.3 is 0 Å². The zero-order valence-electron chi connectivity index (χ0n) is 18.7. The molecule has 0 aliphatic carbocycles. The van der Waals surface area contributed by atoms with E-state index in [4.69, 9.17) is 4.74 Å². The van der Waals surface area contributed by atoms with Crippen LogP contribution in [0.15, 0.2) is 68.6 Å². The molecule has 2 amide bonds. The lowest BCUT2D eigenvalue weighted by Gasteiger charge is -2.13. The molecule has 0 aliphatic heterocycles. The molecular formula is C24H20Br2N4O5. The van der Waals surface area contributed by atoms with Crippen molar-refractivity contribution in [3.05, 3.63) is 95.9 Å². The van der Waals surface area contributed by atoms with Crippen LogP contribution in [0.1, 0.15) is 27.0 Å². The van der Waals surface area contributed by atoms with Gasteiger partial charge in [-0.15, -0.1) is 0 Å². The average molecular weight is 604 g/mol. The number of nitro benzene ring substituents is 1. The fraction of sp³-hybridized carbons (Fsp3) is 0.125. The van der Waals surface area contributed by atoms with Crippen LogP contribution in [0.3, 0.4) is 0 Å². The molecule has 0 aromatic heterocycles. The number of amides is 2. The van der Waals surface area contributed by atoms with Crippen molar-refractivity contribution in [2.75, 3.05) is 11.9 Å². The second-order valence-electron chi connectivity index (χ2n) is 7.46. The van der Waals surface area contributed by atoms with Gasteiger partial charge in [-0.25, -0.2) is 5.43 Å². The molecule has 0 saturated heterocycles. The largest absolute Gasteiger partial charge is 0.482 e. The third kappa shape index (κ3) is 7.20. The van der Waals surface area contributed by atoms with Gasteiger partial charge in [-0.05, 0) is 65.7 Å². The van der Waals surface area contributed by atoms with Crippen molar-refractivity contribution in [3.8, 4) is 5.75 Å². The Labute approximate surface area is 218 Å². The highest BCUT2D eigenvalue weighted by Crippen LogP contribution is 2.32. The van der Waals surface area contributed by atoms with Crippen molar-refractivity contribution in [3.63, 3.8) is 0 Å². The van der Waals surface area contributed by atoms with Gasteiger partial charge in [-0.3, -0.25) is 19.7 Å². The minimum Gasteiger partial charge on any atom is -0.482 e. The number of carbonyl (C=O) groups is 2. The Morgan fingerprint density at radius 2 is 1.80 bits per heavy atom. The van der Waals surface area contributed by atoms with E-state index in [1.807, 2.05) is 32.0 Å². The number of nitrogens with zero attached hydrogens (tertiary/aromatic N) is 2. The quantitative estimate of drug-likeness (QED) is 0.199. The summed E-state index contributed by atoms with van der Waals surface area (Å²) in [4.78, 5) is 34.9. The molecule has 35 heavy (non-hydrogen) atoms. The van der Waals surface area contributed by atoms with Crippen molar-refractivity contribution in [1.29, 1.82) is 0 Å². The van der Waals surface area contributed by atoms with Crippen molar-refractivity contribution < 1.29 is 19.2 Å². The Kier molecular flexibility index (Phi) is 8.72. The summed E-state index contributed by atoms with van der Waals surface area (Å²) in [5, 5.41) is 17.5. The average Bonchev–Trinajstić information content (AvgIpc) is 2.80. The predicted octanol–water partition coefficient (Wildman–Crippen LogP) is 5.52. The van der Waals surface area contributed by atoms with Gasteiger partial charge in [-0.1, -0.05) is 33.6 Å². The van der Waals surface area contributed by atoms with E-state index in [0.29, 0.717) is 21.5 Å². The van der Waals surface area contributed by atoms with E-state index >= 15 is 0 Å². The lowest BCUT2D eigenvalue weighted by Crippen LogP contribution is -2.21. The molecule has 9 nitrogen and oxygen atoms in total. The minimum atomic E-state index is -0.547. The van der Waals surface area contributed by atoms with Gasteiger partial charge in [0.15, 0.2) is 6.61 Å². The van der Waals surface area contributed by atoms with Crippen LogP contribution in [0.2, 0.25) is 0 Å². The molecule has 0 bridgehead atoms. The summed E-state index contributed by atoms with van der Waals surface area (Å²) in [6.45, 7) is 3.64. The molecule has 0 heterocycles. The van der Waals surface area contributed by atoms with E-state index in [9.17, 15) is 19.7 Å². The number of nitrogens with one attached hydrogen (secondary N) is 2. The number of nitro groups is 1. The van der Waals surface area contributed by atoms with E-state index in [-0.39, 0.29) is 23.8 Å². The molecule has 3 aromatic carbocycles. The fourth-order valence-corrected chi connectivity index (χ4v) is 4.44. The summed E-state index contributed by atoms with van der Waals surface area (Å²) in [6.07, 6.45) is 1.37. The molecule has 11 heteroatoms.